The van der Waals surface area contributed by atoms with Crippen LogP contribution in [0.3, 0.4) is 0 Å². The maximum absolute atomic E-state index is 12.6. The zero-order valence-corrected chi connectivity index (χ0v) is 14.3. The monoisotopic (exact) mass is 344 g/mol. The highest BCUT2D eigenvalue weighted by atomic mass is 32.2. The molecule has 1 heterocycles. The Morgan fingerprint density at radius 3 is 2.58 bits per heavy atom. The molecule has 0 bridgehead atoms. The van der Waals surface area contributed by atoms with Gasteiger partial charge in [0, 0.05) is 17.9 Å². The molecule has 1 fully saturated rings. The minimum absolute atomic E-state index is 0.00458. The molecule has 3 rings (SSSR count). The minimum Gasteiger partial charge on any atom is -0.374 e. The summed E-state index contributed by atoms with van der Waals surface area (Å²) in [5.41, 5.74) is 1.53. The highest BCUT2D eigenvalue weighted by Crippen LogP contribution is 2.24. The van der Waals surface area contributed by atoms with Crippen molar-refractivity contribution in [1.82, 2.24) is 0 Å². The first-order chi connectivity index (χ1) is 11.5. The molecular weight excluding hydrogens is 324 g/mol. The third-order valence-electron chi connectivity index (χ3n) is 4.19. The third kappa shape index (κ3) is 3.28. The molecule has 0 aliphatic carbocycles. The van der Waals surface area contributed by atoms with Crippen molar-refractivity contribution in [2.24, 2.45) is 0 Å². The van der Waals surface area contributed by atoms with Crippen molar-refractivity contribution in [1.29, 1.82) is 0 Å². The number of carbonyl (C=O) groups excluding carboxylic acids is 1. The fraction of sp³-hybridized carbons (Fsp3) is 0.278. The number of carbonyl (C=O) groups is 1. The summed E-state index contributed by atoms with van der Waals surface area (Å²) in [5.74, 6) is 0.0607. The van der Waals surface area contributed by atoms with Gasteiger partial charge in [0.1, 0.15) is 6.04 Å². The van der Waals surface area contributed by atoms with E-state index in [1.54, 1.807) is 36.1 Å². The van der Waals surface area contributed by atoms with Gasteiger partial charge in [-0.25, -0.2) is 8.42 Å². The number of hydrogen-bond acceptors (Lipinski definition) is 4. The summed E-state index contributed by atoms with van der Waals surface area (Å²) < 4.78 is 24.0. The summed E-state index contributed by atoms with van der Waals surface area (Å²) in [6.45, 7) is 2.27. The Morgan fingerprint density at radius 1 is 1.12 bits per heavy atom. The lowest BCUT2D eigenvalue weighted by Gasteiger charge is -2.18. The van der Waals surface area contributed by atoms with E-state index in [2.05, 4.69) is 5.32 Å². The molecule has 1 amide bonds. The van der Waals surface area contributed by atoms with Crippen LogP contribution in [0, 0.1) is 0 Å². The molecule has 24 heavy (non-hydrogen) atoms. The van der Waals surface area contributed by atoms with E-state index in [1.165, 1.54) is 0 Å². The van der Waals surface area contributed by atoms with Crippen molar-refractivity contribution in [2.75, 3.05) is 22.5 Å². The van der Waals surface area contributed by atoms with Crippen LogP contribution in [-0.2, 0) is 14.6 Å². The predicted octanol–water partition coefficient (Wildman–Crippen LogP) is 2.70. The second-order valence-corrected chi connectivity index (χ2v) is 8.02. The lowest BCUT2D eigenvalue weighted by atomic mass is 10.2. The van der Waals surface area contributed by atoms with Gasteiger partial charge in [0.15, 0.2) is 9.84 Å². The first kappa shape index (κ1) is 16.5. The largest absolute Gasteiger partial charge is 0.374 e. The molecule has 0 aromatic heterocycles. The third-order valence-corrected chi connectivity index (χ3v) is 5.92. The fourth-order valence-corrected chi connectivity index (χ4v) is 3.75. The molecule has 2 aromatic rings. The lowest BCUT2D eigenvalue weighted by Crippen LogP contribution is -2.33. The summed E-state index contributed by atoms with van der Waals surface area (Å²) in [7, 11) is -3.26. The van der Waals surface area contributed by atoms with E-state index < -0.39 is 9.84 Å². The summed E-state index contributed by atoms with van der Waals surface area (Å²) >= 11 is 0. The summed E-state index contributed by atoms with van der Waals surface area (Å²) in [5, 5.41) is 3.17. The predicted molar refractivity (Wildman–Crippen MR) is 95.0 cm³/mol. The van der Waals surface area contributed by atoms with Crippen molar-refractivity contribution >= 4 is 27.1 Å². The highest BCUT2D eigenvalue weighted by Gasteiger charge is 2.32. The minimum atomic E-state index is -3.26. The van der Waals surface area contributed by atoms with E-state index in [4.69, 9.17) is 0 Å². The molecule has 0 saturated carbocycles. The second kappa shape index (κ2) is 6.65. The molecule has 1 atom stereocenters. The average Bonchev–Trinajstić information content (AvgIpc) is 2.96. The fourth-order valence-electron chi connectivity index (χ4n) is 2.83. The van der Waals surface area contributed by atoms with Crippen LogP contribution in [0.1, 0.15) is 13.3 Å². The molecule has 1 N–H and O–H groups in total. The molecule has 0 radical (unpaired) electrons. The van der Waals surface area contributed by atoms with Gasteiger partial charge >= 0.3 is 0 Å². The number of nitrogens with zero attached hydrogens (tertiary/aromatic N) is 1. The Kier molecular flexibility index (Phi) is 4.57. The Bertz CT molecular complexity index is 834. The van der Waals surface area contributed by atoms with Crippen molar-refractivity contribution in [3.8, 4) is 0 Å². The van der Waals surface area contributed by atoms with Gasteiger partial charge in [-0.05, 0) is 36.8 Å². The van der Waals surface area contributed by atoms with Crippen LogP contribution >= 0.6 is 0 Å². The molecule has 0 spiro atoms. The van der Waals surface area contributed by atoms with Gasteiger partial charge in [-0.1, -0.05) is 31.2 Å². The molecule has 1 aliphatic rings. The molecule has 6 heteroatoms. The normalized spacial score (nSPS) is 18.0. The molecular formula is C18H20N2O3S. The van der Waals surface area contributed by atoms with E-state index in [9.17, 15) is 13.2 Å². The zero-order chi connectivity index (χ0) is 17.2. The topological polar surface area (TPSA) is 66.5 Å². The van der Waals surface area contributed by atoms with E-state index in [0.717, 1.165) is 5.69 Å². The maximum Gasteiger partial charge on any atom is 0.249 e. The Hall–Kier alpha value is -2.34. The van der Waals surface area contributed by atoms with Crippen molar-refractivity contribution in [3.05, 3.63) is 54.6 Å². The van der Waals surface area contributed by atoms with E-state index in [-0.39, 0.29) is 22.6 Å². The van der Waals surface area contributed by atoms with Gasteiger partial charge in [-0.2, -0.15) is 0 Å². The molecule has 5 nitrogen and oxygen atoms in total. The number of benzene rings is 2. The van der Waals surface area contributed by atoms with Gasteiger partial charge in [-0.3, -0.25) is 4.79 Å². The lowest BCUT2D eigenvalue weighted by molar-refractivity contribution is -0.117. The molecule has 1 saturated heterocycles. The molecule has 1 unspecified atom stereocenters. The standard InChI is InChI=1S/C18H20N2O3S/c1-2-24(22,23)16-10-6-7-14(13-16)19-17-11-12-20(18(17)21)15-8-4-3-5-9-15/h3-10,13,17,19H,2,11-12H2,1H3. The number of rotatable bonds is 5. The smallest absolute Gasteiger partial charge is 0.249 e. The van der Waals surface area contributed by atoms with E-state index in [0.29, 0.717) is 18.7 Å². The SMILES string of the molecule is CCS(=O)(=O)c1cccc(NC2CCN(c3ccccc3)C2=O)c1. The second-order valence-electron chi connectivity index (χ2n) is 5.74. The van der Waals surface area contributed by atoms with Crippen molar-refractivity contribution < 1.29 is 13.2 Å². The number of anilines is 2. The summed E-state index contributed by atoms with van der Waals surface area (Å²) in [6, 6.07) is 15.9. The quantitative estimate of drug-likeness (QED) is 0.906. The number of nitrogens with one attached hydrogen (secondary N) is 1. The van der Waals surface area contributed by atoms with Crippen LogP contribution in [0.15, 0.2) is 59.5 Å². The van der Waals surface area contributed by atoms with E-state index in [1.807, 2.05) is 30.3 Å². The molecule has 126 valence electrons. The van der Waals surface area contributed by atoms with Gasteiger partial charge in [0.2, 0.25) is 5.91 Å². The average molecular weight is 344 g/mol. The van der Waals surface area contributed by atoms with Crippen LogP contribution < -0.4 is 10.2 Å². The molecule has 2 aromatic carbocycles. The van der Waals surface area contributed by atoms with E-state index >= 15 is 0 Å². The van der Waals surface area contributed by atoms with Crippen LogP contribution in [0.2, 0.25) is 0 Å². The van der Waals surface area contributed by atoms with Gasteiger partial charge in [0.25, 0.3) is 0 Å². The Labute approximate surface area is 142 Å². The highest BCUT2D eigenvalue weighted by molar-refractivity contribution is 7.91. The van der Waals surface area contributed by atoms with Gasteiger partial charge < -0.3 is 10.2 Å². The Morgan fingerprint density at radius 2 is 1.88 bits per heavy atom. The summed E-state index contributed by atoms with van der Waals surface area (Å²) in [6.07, 6.45) is 0.679. The van der Waals surface area contributed by atoms with Crippen LogP contribution in [0.4, 0.5) is 11.4 Å². The van der Waals surface area contributed by atoms with Gasteiger partial charge in [-0.15, -0.1) is 0 Å². The maximum atomic E-state index is 12.6. The van der Waals surface area contributed by atoms with Crippen LogP contribution in [-0.4, -0.2) is 32.7 Å². The van der Waals surface area contributed by atoms with Crippen molar-refractivity contribution in [3.63, 3.8) is 0 Å². The number of para-hydroxylation sites is 1. The number of amides is 1. The van der Waals surface area contributed by atoms with Crippen molar-refractivity contribution in [2.45, 2.75) is 24.3 Å². The Balaban J connectivity index is 1.76. The molecule has 1 aliphatic heterocycles. The van der Waals surface area contributed by atoms with Crippen LogP contribution in [0.25, 0.3) is 0 Å². The first-order valence-electron chi connectivity index (χ1n) is 7.97. The van der Waals surface area contributed by atoms with Crippen LogP contribution in [0.5, 0.6) is 0 Å². The summed E-state index contributed by atoms with van der Waals surface area (Å²) in [4.78, 5) is 14.6. The number of sulfone groups is 1. The first-order valence-corrected chi connectivity index (χ1v) is 9.62. The number of hydrogen-bond donors (Lipinski definition) is 1. The van der Waals surface area contributed by atoms with Gasteiger partial charge in [0.05, 0.1) is 10.6 Å². The zero-order valence-electron chi connectivity index (χ0n) is 13.5.